The molecule has 1 fully saturated rings. The number of carbonyl (C=O) groups excluding carboxylic acids is 1. The van der Waals surface area contributed by atoms with Gasteiger partial charge in [-0.2, -0.15) is 0 Å². The molecule has 144 valence electrons. The third kappa shape index (κ3) is 4.33. The Morgan fingerprint density at radius 1 is 1.04 bits per heavy atom. The van der Waals surface area contributed by atoms with E-state index in [1.165, 1.54) is 29.9 Å². The van der Waals surface area contributed by atoms with E-state index in [1.807, 2.05) is 6.07 Å². The molecule has 1 N–H and O–H groups in total. The summed E-state index contributed by atoms with van der Waals surface area (Å²) in [6, 6.07) is 15.3. The van der Waals surface area contributed by atoms with Crippen molar-refractivity contribution in [2.24, 2.45) is 5.92 Å². The molecule has 2 unspecified atom stereocenters. The molecule has 3 rings (SSSR count). The van der Waals surface area contributed by atoms with Gasteiger partial charge in [-0.25, -0.2) is 8.42 Å². The molecule has 2 aromatic rings. The van der Waals surface area contributed by atoms with E-state index < -0.39 is 10.0 Å². The Kier molecular flexibility index (Phi) is 5.85. The van der Waals surface area contributed by atoms with Crippen molar-refractivity contribution in [3.05, 3.63) is 60.2 Å². The van der Waals surface area contributed by atoms with E-state index in [9.17, 15) is 13.2 Å². The summed E-state index contributed by atoms with van der Waals surface area (Å²) in [5, 5.41) is 3.08. The van der Waals surface area contributed by atoms with Gasteiger partial charge in [0.15, 0.2) is 0 Å². The largest absolute Gasteiger partial charge is 0.349 e. The maximum atomic E-state index is 12.9. The summed E-state index contributed by atoms with van der Waals surface area (Å²) in [6.07, 6.45) is 4.40. The average Bonchev–Trinajstić information content (AvgIpc) is 2.70. The van der Waals surface area contributed by atoms with Gasteiger partial charge in [0, 0.05) is 18.7 Å². The van der Waals surface area contributed by atoms with Gasteiger partial charge in [-0.05, 0) is 49.1 Å². The normalized spacial score (nSPS) is 20.1. The minimum absolute atomic E-state index is 0.109. The van der Waals surface area contributed by atoms with E-state index in [0.29, 0.717) is 17.2 Å². The molecule has 1 amide bonds. The number of hydrogen-bond acceptors (Lipinski definition) is 3. The summed E-state index contributed by atoms with van der Waals surface area (Å²) in [6.45, 7) is 2.15. The van der Waals surface area contributed by atoms with Crippen LogP contribution in [0.5, 0.6) is 0 Å². The second-order valence-electron chi connectivity index (χ2n) is 7.18. The first-order valence-electron chi connectivity index (χ1n) is 9.34. The Labute approximate surface area is 161 Å². The molecule has 0 bridgehead atoms. The average molecular weight is 387 g/mol. The number of sulfonamides is 1. The fourth-order valence-electron chi connectivity index (χ4n) is 3.52. The van der Waals surface area contributed by atoms with Gasteiger partial charge >= 0.3 is 0 Å². The zero-order valence-electron chi connectivity index (χ0n) is 15.8. The number of rotatable bonds is 5. The Hall–Kier alpha value is -2.34. The summed E-state index contributed by atoms with van der Waals surface area (Å²) < 4.78 is 27.1. The van der Waals surface area contributed by atoms with E-state index in [-0.39, 0.29) is 16.8 Å². The number of anilines is 1. The van der Waals surface area contributed by atoms with Crippen LogP contribution in [0.3, 0.4) is 0 Å². The van der Waals surface area contributed by atoms with Crippen molar-refractivity contribution in [1.82, 2.24) is 5.32 Å². The SMILES string of the molecule is CC1CCCCC1NC(=O)c1cccc(S(=O)(=O)N(C)c2ccccc2)c1. The second kappa shape index (κ2) is 8.13. The zero-order valence-corrected chi connectivity index (χ0v) is 16.6. The molecule has 0 spiro atoms. The summed E-state index contributed by atoms with van der Waals surface area (Å²) in [4.78, 5) is 12.8. The predicted molar refractivity (Wildman–Crippen MR) is 107 cm³/mol. The maximum Gasteiger partial charge on any atom is 0.264 e. The summed E-state index contributed by atoms with van der Waals surface area (Å²) in [7, 11) is -2.22. The third-order valence-corrected chi connectivity index (χ3v) is 7.08. The van der Waals surface area contributed by atoms with Crippen LogP contribution >= 0.6 is 0 Å². The lowest BCUT2D eigenvalue weighted by atomic mass is 9.86. The van der Waals surface area contributed by atoms with E-state index in [1.54, 1.807) is 36.4 Å². The lowest BCUT2D eigenvalue weighted by Gasteiger charge is -2.29. The van der Waals surface area contributed by atoms with Gasteiger partial charge in [0.25, 0.3) is 15.9 Å². The van der Waals surface area contributed by atoms with Crippen LogP contribution in [0.2, 0.25) is 0 Å². The topological polar surface area (TPSA) is 66.5 Å². The van der Waals surface area contributed by atoms with Crippen molar-refractivity contribution in [3.63, 3.8) is 0 Å². The summed E-state index contributed by atoms with van der Waals surface area (Å²) in [5.41, 5.74) is 0.943. The fraction of sp³-hybridized carbons (Fsp3) is 0.381. The molecule has 5 nitrogen and oxygen atoms in total. The number of benzene rings is 2. The monoisotopic (exact) mass is 386 g/mol. The van der Waals surface area contributed by atoms with Crippen molar-refractivity contribution in [2.75, 3.05) is 11.4 Å². The molecule has 0 aliphatic heterocycles. The second-order valence-corrected chi connectivity index (χ2v) is 9.15. The molecule has 27 heavy (non-hydrogen) atoms. The number of carbonyl (C=O) groups is 1. The summed E-state index contributed by atoms with van der Waals surface area (Å²) >= 11 is 0. The Morgan fingerprint density at radius 3 is 2.44 bits per heavy atom. The van der Waals surface area contributed by atoms with Crippen molar-refractivity contribution < 1.29 is 13.2 Å². The van der Waals surface area contributed by atoms with Crippen LogP contribution in [0, 0.1) is 5.92 Å². The maximum absolute atomic E-state index is 12.9. The van der Waals surface area contributed by atoms with Gasteiger partial charge in [-0.15, -0.1) is 0 Å². The van der Waals surface area contributed by atoms with Crippen LogP contribution < -0.4 is 9.62 Å². The quantitative estimate of drug-likeness (QED) is 0.849. The van der Waals surface area contributed by atoms with Crippen molar-refractivity contribution in [1.29, 1.82) is 0 Å². The summed E-state index contributed by atoms with van der Waals surface area (Å²) in [5.74, 6) is 0.229. The Bertz CT molecular complexity index is 897. The van der Waals surface area contributed by atoms with Gasteiger partial charge in [0.05, 0.1) is 10.6 Å². The lowest BCUT2D eigenvalue weighted by Crippen LogP contribution is -2.41. The fourth-order valence-corrected chi connectivity index (χ4v) is 4.76. The van der Waals surface area contributed by atoms with Gasteiger partial charge in [0.1, 0.15) is 0 Å². The molecule has 0 aromatic heterocycles. The third-order valence-electron chi connectivity index (χ3n) is 5.30. The lowest BCUT2D eigenvalue weighted by molar-refractivity contribution is 0.0910. The van der Waals surface area contributed by atoms with Crippen LogP contribution in [0.4, 0.5) is 5.69 Å². The first-order valence-corrected chi connectivity index (χ1v) is 10.8. The molecule has 0 saturated heterocycles. The minimum atomic E-state index is -3.74. The molecule has 1 aliphatic rings. The zero-order chi connectivity index (χ0) is 19.4. The smallest absolute Gasteiger partial charge is 0.264 e. The van der Waals surface area contributed by atoms with E-state index in [0.717, 1.165) is 19.3 Å². The van der Waals surface area contributed by atoms with Gasteiger partial charge in [-0.1, -0.05) is 44.0 Å². The van der Waals surface area contributed by atoms with Crippen LogP contribution in [-0.4, -0.2) is 27.4 Å². The molecular formula is C21H26N2O3S. The number of hydrogen-bond donors (Lipinski definition) is 1. The molecule has 0 heterocycles. The highest BCUT2D eigenvalue weighted by Gasteiger charge is 2.25. The van der Waals surface area contributed by atoms with Crippen LogP contribution in [0.1, 0.15) is 43.0 Å². The molecule has 6 heteroatoms. The Morgan fingerprint density at radius 2 is 1.74 bits per heavy atom. The molecule has 1 saturated carbocycles. The molecular weight excluding hydrogens is 360 g/mol. The van der Waals surface area contributed by atoms with Gasteiger partial charge in [-0.3, -0.25) is 9.10 Å². The van der Waals surface area contributed by atoms with Crippen LogP contribution in [0.25, 0.3) is 0 Å². The van der Waals surface area contributed by atoms with Crippen LogP contribution in [0.15, 0.2) is 59.5 Å². The highest BCUT2D eigenvalue weighted by atomic mass is 32.2. The number of para-hydroxylation sites is 1. The molecule has 1 aliphatic carbocycles. The van der Waals surface area contributed by atoms with Crippen molar-refractivity contribution in [2.45, 2.75) is 43.5 Å². The van der Waals surface area contributed by atoms with Crippen LogP contribution in [-0.2, 0) is 10.0 Å². The van der Waals surface area contributed by atoms with E-state index in [4.69, 9.17) is 0 Å². The highest BCUT2D eigenvalue weighted by Crippen LogP contribution is 2.25. The van der Waals surface area contributed by atoms with Crippen molar-refractivity contribution >= 4 is 21.6 Å². The predicted octanol–water partition coefficient (Wildman–Crippen LogP) is 3.82. The van der Waals surface area contributed by atoms with Gasteiger partial charge in [0.2, 0.25) is 0 Å². The number of nitrogens with one attached hydrogen (secondary N) is 1. The first-order chi connectivity index (χ1) is 12.9. The number of amides is 1. The molecule has 0 radical (unpaired) electrons. The molecule has 2 aromatic carbocycles. The van der Waals surface area contributed by atoms with Crippen molar-refractivity contribution in [3.8, 4) is 0 Å². The van der Waals surface area contributed by atoms with Gasteiger partial charge < -0.3 is 5.32 Å². The number of nitrogens with zero attached hydrogens (tertiary/aromatic N) is 1. The minimum Gasteiger partial charge on any atom is -0.349 e. The van der Waals surface area contributed by atoms with E-state index >= 15 is 0 Å². The van der Waals surface area contributed by atoms with E-state index in [2.05, 4.69) is 12.2 Å². The first kappa shape index (κ1) is 19.4. The standard InChI is InChI=1S/C21H26N2O3S/c1-16-9-6-7-14-20(16)22-21(24)17-10-8-13-19(15-17)27(25,26)23(2)18-11-4-3-5-12-18/h3-5,8,10-13,15-16,20H,6-7,9,14H2,1-2H3,(H,22,24). The highest BCUT2D eigenvalue weighted by molar-refractivity contribution is 7.92. The molecule has 2 atom stereocenters. The Balaban J connectivity index is 1.81.